The second-order valence-electron chi connectivity index (χ2n) is 9.73. The predicted molar refractivity (Wildman–Crippen MR) is 126 cm³/mol. The molecule has 1 saturated heterocycles. The Bertz CT molecular complexity index is 1060. The van der Waals surface area contributed by atoms with Gasteiger partial charge < -0.3 is 19.0 Å². The number of carbonyl (C=O) groups excluding carboxylic acids is 1. The van der Waals surface area contributed by atoms with E-state index in [1.807, 2.05) is 13.8 Å². The minimum atomic E-state index is -4.97. The summed E-state index contributed by atoms with van der Waals surface area (Å²) in [5.41, 5.74) is -2.99. The van der Waals surface area contributed by atoms with Gasteiger partial charge in [-0.05, 0) is 63.3 Å². The van der Waals surface area contributed by atoms with E-state index in [2.05, 4.69) is 10.2 Å². The van der Waals surface area contributed by atoms with Gasteiger partial charge in [-0.1, -0.05) is 18.9 Å². The Balaban J connectivity index is 2.02. The summed E-state index contributed by atoms with van der Waals surface area (Å²) in [6.07, 6.45) is -8.81. The highest BCUT2D eigenvalue weighted by Crippen LogP contribution is 2.38. The number of carbonyl (C=O) groups is 1. The summed E-state index contributed by atoms with van der Waals surface area (Å²) >= 11 is 0. The van der Waals surface area contributed by atoms with Gasteiger partial charge in [0.05, 0.1) is 17.2 Å². The number of aromatic nitrogens is 2. The van der Waals surface area contributed by atoms with Crippen LogP contribution in [0, 0.1) is 6.92 Å². The van der Waals surface area contributed by atoms with E-state index in [1.54, 1.807) is 23.6 Å². The Labute approximate surface area is 217 Å². The fourth-order valence-corrected chi connectivity index (χ4v) is 4.85. The second-order valence-corrected chi connectivity index (χ2v) is 9.73. The first-order valence-corrected chi connectivity index (χ1v) is 12.5. The zero-order chi connectivity index (χ0) is 28.4. The molecule has 1 unspecified atom stereocenters. The standard InChI is InChI=1S/C25H32F6N4O3/c1-6-19-11-21(12-20(7-2)35(19)23(36)37-14(3)4)34(22-33-32-15(5)38-22)13-16-8-17(24(26,27)28)10-18(9-16)25(29,30)31/h8-10,14,19-21H,6-7,11-13H2,1-5H3/t19-,20+,21?. The topological polar surface area (TPSA) is 71.7 Å². The van der Waals surface area contributed by atoms with Crippen molar-refractivity contribution in [3.8, 4) is 0 Å². The van der Waals surface area contributed by atoms with Crippen LogP contribution in [0.25, 0.3) is 0 Å². The number of anilines is 1. The van der Waals surface area contributed by atoms with Crippen LogP contribution in [0.5, 0.6) is 0 Å². The predicted octanol–water partition coefficient (Wildman–Crippen LogP) is 6.99. The average molecular weight is 551 g/mol. The van der Waals surface area contributed by atoms with Gasteiger partial charge in [0.25, 0.3) is 0 Å². The van der Waals surface area contributed by atoms with Crippen molar-refractivity contribution in [3.05, 3.63) is 40.8 Å². The average Bonchev–Trinajstić information content (AvgIpc) is 3.25. The fraction of sp³-hybridized carbons (Fsp3) is 0.640. The maximum absolute atomic E-state index is 13.5. The molecular formula is C25H32F6N4O3. The van der Waals surface area contributed by atoms with Gasteiger partial charge in [0, 0.05) is 31.6 Å². The molecule has 0 spiro atoms. The van der Waals surface area contributed by atoms with Crippen LogP contribution in [-0.4, -0.2) is 45.4 Å². The summed E-state index contributed by atoms with van der Waals surface area (Å²) in [5, 5.41) is 7.82. The van der Waals surface area contributed by atoms with Crippen molar-refractivity contribution in [1.29, 1.82) is 0 Å². The highest BCUT2D eigenvalue weighted by atomic mass is 19.4. The van der Waals surface area contributed by atoms with Gasteiger partial charge in [0.2, 0.25) is 5.89 Å². The van der Waals surface area contributed by atoms with Crippen molar-refractivity contribution >= 4 is 12.1 Å². The Morgan fingerprint density at radius 3 is 1.95 bits per heavy atom. The number of likely N-dealkylation sites (tertiary alicyclic amines) is 1. The van der Waals surface area contributed by atoms with Gasteiger partial charge in [0.15, 0.2) is 0 Å². The SMILES string of the molecule is CC[C@@H]1CC(N(Cc2cc(C(F)(F)F)cc(C(F)(F)F)c2)c2nnc(C)o2)C[C@H](CC)N1C(=O)OC(C)C. The second kappa shape index (κ2) is 11.4. The van der Waals surface area contributed by atoms with Crippen LogP contribution in [0.4, 0.5) is 37.2 Å². The maximum atomic E-state index is 13.5. The summed E-state index contributed by atoms with van der Waals surface area (Å²) < 4.78 is 91.9. The number of ether oxygens (including phenoxy) is 1. The molecule has 3 rings (SSSR count). The van der Waals surface area contributed by atoms with Crippen LogP contribution in [0.15, 0.2) is 22.6 Å². The monoisotopic (exact) mass is 550 g/mol. The minimum Gasteiger partial charge on any atom is -0.447 e. The number of piperidine rings is 1. The molecule has 7 nitrogen and oxygen atoms in total. The van der Waals surface area contributed by atoms with Gasteiger partial charge in [-0.25, -0.2) is 4.79 Å². The van der Waals surface area contributed by atoms with Crippen molar-refractivity contribution in [2.45, 2.75) is 103 Å². The van der Waals surface area contributed by atoms with Crippen molar-refractivity contribution < 1.29 is 40.3 Å². The number of benzene rings is 1. The molecule has 1 aliphatic heterocycles. The molecule has 0 aliphatic carbocycles. The molecule has 0 bridgehead atoms. The zero-order valence-electron chi connectivity index (χ0n) is 21.9. The molecule has 1 fully saturated rings. The molecule has 1 aromatic heterocycles. The quantitative estimate of drug-likeness (QED) is 0.346. The van der Waals surface area contributed by atoms with Crippen LogP contribution in [-0.2, 0) is 23.6 Å². The number of hydrogen-bond acceptors (Lipinski definition) is 6. The Hall–Kier alpha value is -2.99. The maximum Gasteiger partial charge on any atom is 0.416 e. The third-order valence-electron chi connectivity index (χ3n) is 6.57. The number of aryl methyl sites for hydroxylation is 1. The van der Waals surface area contributed by atoms with Crippen molar-refractivity contribution in [2.24, 2.45) is 0 Å². The van der Waals surface area contributed by atoms with Crippen molar-refractivity contribution in [1.82, 2.24) is 15.1 Å². The molecule has 2 heterocycles. The van der Waals surface area contributed by atoms with Crippen LogP contribution in [0.2, 0.25) is 0 Å². The molecule has 0 N–H and O–H groups in total. The van der Waals surface area contributed by atoms with Crippen LogP contribution >= 0.6 is 0 Å². The van der Waals surface area contributed by atoms with Crippen molar-refractivity contribution in [2.75, 3.05) is 4.90 Å². The molecule has 2 aromatic rings. The molecule has 3 atom stereocenters. The van der Waals surface area contributed by atoms with Gasteiger partial charge in [-0.3, -0.25) is 0 Å². The number of rotatable bonds is 7. The van der Waals surface area contributed by atoms with E-state index in [-0.39, 0.29) is 48.3 Å². The molecule has 1 aromatic carbocycles. The van der Waals surface area contributed by atoms with E-state index >= 15 is 0 Å². The third kappa shape index (κ3) is 6.90. The van der Waals surface area contributed by atoms with Gasteiger partial charge in [-0.2, -0.15) is 26.3 Å². The lowest BCUT2D eigenvalue weighted by molar-refractivity contribution is -0.143. The van der Waals surface area contributed by atoms with E-state index in [1.165, 1.54) is 6.92 Å². The number of alkyl halides is 6. The Kier molecular flexibility index (Phi) is 8.87. The molecule has 38 heavy (non-hydrogen) atoms. The largest absolute Gasteiger partial charge is 0.447 e. The Morgan fingerprint density at radius 2 is 1.55 bits per heavy atom. The summed E-state index contributed by atoms with van der Waals surface area (Å²) in [6, 6.07) is 0.541. The fourth-order valence-electron chi connectivity index (χ4n) is 4.85. The van der Waals surface area contributed by atoms with E-state index in [9.17, 15) is 31.1 Å². The number of hydrogen-bond donors (Lipinski definition) is 0. The molecule has 212 valence electrons. The highest BCUT2D eigenvalue weighted by Gasteiger charge is 2.42. The molecular weight excluding hydrogens is 518 g/mol. The molecule has 0 saturated carbocycles. The highest BCUT2D eigenvalue weighted by molar-refractivity contribution is 5.69. The van der Waals surface area contributed by atoms with Gasteiger partial charge in [-0.15, -0.1) is 5.10 Å². The normalized spacial score (nSPS) is 20.6. The van der Waals surface area contributed by atoms with Gasteiger partial charge >= 0.3 is 24.5 Å². The molecule has 0 radical (unpaired) electrons. The minimum absolute atomic E-state index is 0.0126. The number of nitrogens with zero attached hydrogens (tertiary/aromatic N) is 4. The number of halogens is 6. The van der Waals surface area contributed by atoms with E-state index in [4.69, 9.17) is 9.15 Å². The smallest absolute Gasteiger partial charge is 0.416 e. The first kappa shape index (κ1) is 29.6. The summed E-state index contributed by atoms with van der Waals surface area (Å²) in [6.45, 7) is 8.50. The Morgan fingerprint density at radius 1 is 1.03 bits per heavy atom. The lowest BCUT2D eigenvalue weighted by atomic mass is 9.87. The third-order valence-corrected chi connectivity index (χ3v) is 6.57. The molecule has 1 aliphatic rings. The summed E-state index contributed by atoms with van der Waals surface area (Å²) in [5.74, 6) is 0.196. The number of amides is 1. The molecule has 13 heteroatoms. The summed E-state index contributed by atoms with van der Waals surface area (Å²) in [7, 11) is 0. The van der Waals surface area contributed by atoms with Crippen LogP contribution in [0.3, 0.4) is 0 Å². The first-order valence-electron chi connectivity index (χ1n) is 12.5. The zero-order valence-corrected chi connectivity index (χ0v) is 21.9. The van der Waals surface area contributed by atoms with E-state index < -0.39 is 35.6 Å². The summed E-state index contributed by atoms with van der Waals surface area (Å²) in [4.78, 5) is 16.1. The van der Waals surface area contributed by atoms with E-state index in [0.717, 1.165) is 0 Å². The lowest BCUT2D eigenvalue weighted by Crippen LogP contribution is -2.57. The van der Waals surface area contributed by atoms with E-state index in [0.29, 0.717) is 37.8 Å². The molecule has 1 amide bonds. The van der Waals surface area contributed by atoms with Gasteiger partial charge in [0.1, 0.15) is 0 Å². The van der Waals surface area contributed by atoms with Crippen LogP contribution < -0.4 is 4.90 Å². The van der Waals surface area contributed by atoms with Crippen LogP contribution in [0.1, 0.15) is 76.0 Å². The lowest BCUT2D eigenvalue weighted by Gasteiger charge is -2.47. The first-order chi connectivity index (χ1) is 17.6. The van der Waals surface area contributed by atoms with Crippen molar-refractivity contribution in [3.63, 3.8) is 0 Å².